The molecule has 1 amide bonds. The Hall–Kier alpha value is -1.92. The molecule has 0 bridgehead atoms. The number of ether oxygens (including phenoxy) is 1. The molecule has 0 aromatic heterocycles. The Balaban J connectivity index is 3.39. The highest BCUT2D eigenvalue weighted by Gasteiger charge is 2.20. The van der Waals surface area contributed by atoms with Gasteiger partial charge in [0.15, 0.2) is 0 Å². The van der Waals surface area contributed by atoms with Crippen LogP contribution in [0.5, 0.6) is 0 Å². The van der Waals surface area contributed by atoms with E-state index in [1.807, 2.05) is 0 Å². The van der Waals surface area contributed by atoms with E-state index < -0.39 is 12.1 Å². The molecule has 6 heteroatoms. The first-order chi connectivity index (χ1) is 37.5. The predicted molar refractivity (Wildman–Crippen MR) is 333 cm³/mol. The Labute approximate surface area is 474 Å². The van der Waals surface area contributed by atoms with Crippen LogP contribution in [0.25, 0.3) is 0 Å². The highest BCUT2D eigenvalue weighted by atomic mass is 16.5. The van der Waals surface area contributed by atoms with Gasteiger partial charge >= 0.3 is 5.97 Å². The second-order valence-corrected chi connectivity index (χ2v) is 23.5. The number of esters is 1. The molecule has 0 radical (unpaired) electrons. The summed E-state index contributed by atoms with van der Waals surface area (Å²) in [4.78, 5) is 24.6. The normalized spacial score (nSPS) is 12.7. The van der Waals surface area contributed by atoms with E-state index in [-0.39, 0.29) is 18.5 Å². The Morgan fingerprint density at radius 1 is 0.368 bits per heavy atom. The summed E-state index contributed by atoms with van der Waals surface area (Å²) in [6, 6.07) is -0.543. The van der Waals surface area contributed by atoms with Crippen molar-refractivity contribution in [2.24, 2.45) is 0 Å². The van der Waals surface area contributed by atoms with Crippen LogP contribution in [-0.4, -0.2) is 47.4 Å². The van der Waals surface area contributed by atoms with Crippen LogP contribution in [0.2, 0.25) is 0 Å². The number of hydrogen-bond donors (Lipinski definition) is 3. The molecule has 0 spiro atoms. The van der Waals surface area contributed by atoms with Crippen LogP contribution in [0, 0.1) is 0 Å². The van der Waals surface area contributed by atoms with Gasteiger partial charge in [0.05, 0.1) is 25.4 Å². The minimum absolute atomic E-state index is 0.00122. The summed E-state index contributed by atoms with van der Waals surface area (Å²) in [7, 11) is 0. The summed E-state index contributed by atoms with van der Waals surface area (Å²) < 4.78 is 5.49. The smallest absolute Gasteiger partial charge is 0.305 e. The Bertz CT molecular complexity index is 1230. The van der Waals surface area contributed by atoms with E-state index in [4.69, 9.17) is 4.74 Å². The molecule has 76 heavy (non-hydrogen) atoms. The molecule has 0 aliphatic heterocycles. The van der Waals surface area contributed by atoms with Crippen LogP contribution in [0.1, 0.15) is 373 Å². The van der Waals surface area contributed by atoms with Crippen molar-refractivity contribution in [3.8, 4) is 0 Å². The molecule has 0 heterocycles. The number of hydrogen-bond acceptors (Lipinski definition) is 5. The fourth-order valence-electron chi connectivity index (χ4n) is 10.7. The first kappa shape index (κ1) is 74.1. The van der Waals surface area contributed by atoms with Gasteiger partial charge in [-0.3, -0.25) is 9.59 Å². The van der Waals surface area contributed by atoms with Crippen molar-refractivity contribution in [1.82, 2.24) is 5.32 Å². The summed E-state index contributed by atoms with van der Waals surface area (Å²) in [5.74, 6) is -0.0330. The zero-order chi connectivity index (χ0) is 55.0. The summed E-state index contributed by atoms with van der Waals surface area (Å²) in [6.07, 6.45) is 83.2. The maximum Gasteiger partial charge on any atom is 0.305 e. The third-order valence-corrected chi connectivity index (χ3v) is 15.9. The topological polar surface area (TPSA) is 95.9 Å². The largest absolute Gasteiger partial charge is 0.466 e. The van der Waals surface area contributed by atoms with Crippen molar-refractivity contribution in [2.75, 3.05) is 13.2 Å². The number of aliphatic hydroxyl groups is 2. The van der Waals surface area contributed by atoms with Gasteiger partial charge < -0.3 is 20.3 Å². The molecule has 0 aromatic rings. The molecule has 0 fully saturated rings. The van der Waals surface area contributed by atoms with Crippen molar-refractivity contribution < 1.29 is 24.5 Å². The average molecular weight is 1070 g/mol. The molecule has 0 saturated carbocycles. The number of carbonyl (C=O) groups is 2. The number of amides is 1. The van der Waals surface area contributed by atoms with E-state index in [2.05, 4.69) is 55.6 Å². The molecule has 2 atom stereocenters. The zero-order valence-electron chi connectivity index (χ0n) is 51.3. The van der Waals surface area contributed by atoms with Crippen LogP contribution >= 0.6 is 0 Å². The van der Waals surface area contributed by atoms with Crippen LogP contribution < -0.4 is 5.32 Å². The van der Waals surface area contributed by atoms with Crippen molar-refractivity contribution in [2.45, 2.75) is 386 Å². The molecule has 0 saturated heterocycles. The van der Waals surface area contributed by atoms with Crippen LogP contribution in [0.4, 0.5) is 0 Å². The lowest BCUT2D eigenvalue weighted by molar-refractivity contribution is -0.143. The summed E-state index contributed by atoms with van der Waals surface area (Å²) >= 11 is 0. The third kappa shape index (κ3) is 61.3. The molecule has 0 aliphatic carbocycles. The summed E-state index contributed by atoms with van der Waals surface area (Å²) in [5.41, 5.74) is 0. The first-order valence-corrected chi connectivity index (χ1v) is 34.2. The highest BCUT2D eigenvalue weighted by molar-refractivity contribution is 5.76. The number of rotatable bonds is 64. The quantitative estimate of drug-likeness (QED) is 0.0320. The molecule has 0 aromatic carbocycles. The van der Waals surface area contributed by atoms with E-state index in [1.54, 1.807) is 0 Å². The van der Waals surface area contributed by atoms with Crippen LogP contribution in [-0.2, 0) is 14.3 Å². The molecule has 6 nitrogen and oxygen atoms in total. The van der Waals surface area contributed by atoms with Gasteiger partial charge in [-0.15, -0.1) is 0 Å². The minimum atomic E-state index is -0.666. The first-order valence-electron chi connectivity index (χ1n) is 34.2. The number of unbranched alkanes of at least 4 members (excludes halogenated alkanes) is 47. The fraction of sp³-hybridized carbons (Fsp3) is 0.886. The van der Waals surface area contributed by atoms with Gasteiger partial charge in [-0.1, -0.05) is 314 Å². The third-order valence-electron chi connectivity index (χ3n) is 15.9. The van der Waals surface area contributed by atoms with E-state index in [0.717, 1.165) is 51.4 Å². The van der Waals surface area contributed by atoms with Gasteiger partial charge in [0.25, 0.3) is 0 Å². The van der Waals surface area contributed by atoms with E-state index in [9.17, 15) is 19.8 Å². The van der Waals surface area contributed by atoms with Gasteiger partial charge in [-0.05, 0) is 83.5 Å². The predicted octanol–water partition coefficient (Wildman–Crippen LogP) is 21.9. The molecule has 0 aliphatic rings. The molecular formula is C70H133NO5. The molecule has 0 rings (SSSR count). The van der Waals surface area contributed by atoms with Gasteiger partial charge in [-0.2, -0.15) is 0 Å². The molecule has 3 N–H and O–H groups in total. The number of nitrogens with one attached hydrogen (secondary N) is 1. The lowest BCUT2D eigenvalue weighted by Gasteiger charge is -2.22. The van der Waals surface area contributed by atoms with Crippen molar-refractivity contribution >= 4 is 11.9 Å². The van der Waals surface area contributed by atoms with Gasteiger partial charge in [0.1, 0.15) is 0 Å². The van der Waals surface area contributed by atoms with Crippen molar-refractivity contribution in [3.63, 3.8) is 0 Å². The molecule has 2 unspecified atom stereocenters. The van der Waals surface area contributed by atoms with Gasteiger partial charge in [-0.25, -0.2) is 0 Å². The minimum Gasteiger partial charge on any atom is -0.466 e. The maximum absolute atomic E-state index is 12.5. The van der Waals surface area contributed by atoms with E-state index in [1.165, 1.54) is 289 Å². The van der Waals surface area contributed by atoms with Gasteiger partial charge in [0.2, 0.25) is 5.91 Å². The second kappa shape index (κ2) is 65.6. The molecule has 448 valence electrons. The number of carbonyl (C=O) groups excluding carboxylic acids is 2. The Kier molecular flexibility index (Phi) is 63.9. The monoisotopic (exact) mass is 1070 g/mol. The SMILES string of the molecule is CCCCCC/C=C\C/C=C\CCCCCCCC(=O)OCCCCCCCCCCCCCC/C=C\CCCCCCCCCCCCC(=O)NC(CO)C(O)CCCCCCCCCCCCCCCCCCC. The Morgan fingerprint density at radius 3 is 1.03 bits per heavy atom. The molecular weight excluding hydrogens is 935 g/mol. The summed E-state index contributed by atoms with van der Waals surface area (Å²) in [5, 5.41) is 23.4. The van der Waals surface area contributed by atoms with E-state index in [0.29, 0.717) is 25.9 Å². The second-order valence-electron chi connectivity index (χ2n) is 23.5. The van der Waals surface area contributed by atoms with Gasteiger partial charge in [0, 0.05) is 12.8 Å². The van der Waals surface area contributed by atoms with Crippen molar-refractivity contribution in [3.05, 3.63) is 36.5 Å². The lowest BCUT2D eigenvalue weighted by atomic mass is 10.0. The Morgan fingerprint density at radius 2 is 0.658 bits per heavy atom. The zero-order valence-corrected chi connectivity index (χ0v) is 51.3. The highest BCUT2D eigenvalue weighted by Crippen LogP contribution is 2.18. The number of allylic oxidation sites excluding steroid dienone is 6. The average Bonchev–Trinajstić information content (AvgIpc) is 3.42. The lowest BCUT2D eigenvalue weighted by Crippen LogP contribution is -2.45. The summed E-state index contributed by atoms with van der Waals surface area (Å²) in [6.45, 7) is 4.96. The maximum atomic E-state index is 12.5. The fourth-order valence-corrected chi connectivity index (χ4v) is 10.7. The van der Waals surface area contributed by atoms with Crippen LogP contribution in [0.3, 0.4) is 0 Å². The standard InChI is InChI=1S/C70H133NO5/c1-3-5-7-9-11-13-15-17-19-31-34-38-42-46-50-54-58-62-68(73)67(66-72)71-69(74)63-59-55-51-47-43-39-35-32-29-27-25-23-21-22-24-26-28-30-33-37-41-45-49-53-57-61-65-76-70(75)64-60-56-52-48-44-40-36-20-18-16-14-12-10-8-6-4-2/h14,16,20-21,23,36,67-68,72-73H,3-13,15,17-19,22,24-35,37-66H2,1-2H3,(H,71,74)/b16-14-,23-21-,36-20-. The van der Waals surface area contributed by atoms with Crippen LogP contribution in [0.15, 0.2) is 36.5 Å². The van der Waals surface area contributed by atoms with Crippen molar-refractivity contribution in [1.29, 1.82) is 0 Å². The number of aliphatic hydroxyl groups excluding tert-OH is 2. The van der Waals surface area contributed by atoms with E-state index >= 15 is 0 Å².